The van der Waals surface area contributed by atoms with E-state index in [0.717, 1.165) is 27.9 Å². The summed E-state index contributed by atoms with van der Waals surface area (Å²) in [5.41, 5.74) is 9.89. The molecule has 0 fully saturated rings. The molecule has 0 amide bonds. The number of nitrogens with two attached hydrogens (primary N) is 1. The first kappa shape index (κ1) is 13.6. The number of nitrogens with zero attached hydrogens (tertiary/aromatic N) is 1. The fourth-order valence-corrected chi connectivity index (χ4v) is 2.63. The number of aromatic nitrogens is 2. The molecule has 1 aromatic heterocycles. The normalized spacial score (nSPS) is 10.8. The summed E-state index contributed by atoms with van der Waals surface area (Å²) in [6, 6.07) is 12.0. The Labute approximate surface area is 126 Å². The second-order valence-electron chi connectivity index (χ2n) is 4.80. The van der Waals surface area contributed by atoms with Crippen LogP contribution in [-0.4, -0.2) is 10.2 Å². The molecule has 3 N–H and O–H groups in total. The molecule has 3 nitrogen and oxygen atoms in total. The highest BCUT2D eigenvalue weighted by Crippen LogP contribution is 2.39. The lowest BCUT2D eigenvalue weighted by Gasteiger charge is -2.09. The third-order valence-corrected chi connectivity index (χ3v) is 3.72. The Morgan fingerprint density at radius 2 is 1.90 bits per heavy atom. The van der Waals surface area contributed by atoms with Crippen LogP contribution < -0.4 is 5.73 Å². The number of H-pyrrole nitrogens is 1. The van der Waals surface area contributed by atoms with Gasteiger partial charge in [-0.15, -0.1) is 0 Å². The van der Waals surface area contributed by atoms with Crippen molar-refractivity contribution in [3.05, 3.63) is 58.9 Å². The molecule has 3 rings (SSSR count). The average molecular weight is 302 g/mol. The van der Waals surface area contributed by atoms with E-state index in [9.17, 15) is 4.39 Å². The number of aromatic amines is 1. The number of halogens is 2. The summed E-state index contributed by atoms with van der Waals surface area (Å²) in [5.74, 6) is 0.0878. The third-order valence-electron chi connectivity index (χ3n) is 3.40. The Morgan fingerprint density at radius 3 is 2.62 bits per heavy atom. The molecule has 21 heavy (non-hydrogen) atoms. The van der Waals surface area contributed by atoms with Crippen LogP contribution in [0.2, 0.25) is 5.02 Å². The Morgan fingerprint density at radius 1 is 1.14 bits per heavy atom. The molecule has 5 heteroatoms. The summed E-state index contributed by atoms with van der Waals surface area (Å²) in [4.78, 5) is 0. The van der Waals surface area contributed by atoms with Gasteiger partial charge in [0.25, 0.3) is 0 Å². The van der Waals surface area contributed by atoms with Crippen LogP contribution in [0.4, 0.5) is 10.2 Å². The molecule has 0 unspecified atom stereocenters. The van der Waals surface area contributed by atoms with Crippen molar-refractivity contribution in [3.8, 4) is 22.4 Å². The van der Waals surface area contributed by atoms with E-state index in [1.165, 1.54) is 12.1 Å². The van der Waals surface area contributed by atoms with Gasteiger partial charge in [0.2, 0.25) is 0 Å². The zero-order valence-electron chi connectivity index (χ0n) is 11.3. The van der Waals surface area contributed by atoms with Gasteiger partial charge in [0, 0.05) is 16.1 Å². The van der Waals surface area contributed by atoms with E-state index in [2.05, 4.69) is 10.2 Å². The van der Waals surface area contributed by atoms with E-state index in [4.69, 9.17) is 17.3 Å². The highest BCUT2D eigenvalue weighted by atomic mass is 35.5. The highest BCUT2D eigenvalue weighted by Gasteiger charge is 2.18. The van der Waals surface area contributed by atoms with E-state index in [-0.39, 0.29) is 5.82 Å². The Kier molecular flexibility index (Phi) is 3.39. The van der Waals surface area contributed by atoms with Crippen molar-refractivity contribution in [1.29, 1.82) is 0 Å². The van der Waals surface area contributed by atoms with Gasteiger partial charge < -0.3 is 5.73 Å². The van der Waals surface area contributed by atoms with E-state index >= 15 is 0 Å². The van der Waals surface area contributed by atoms with E-state index in [0.29, 0.717) is 10.8 Å². The van der Waals surface area contributed by atoms with Gasteiger partial charge in [-0.2, -0.15) is 5.10 Å². The second-order valence-corrected chi connectivity index (χ2v) is 5.21. The molecule has 0 aliphatic carbocycles. The maximum Gasteiger partial charge on any atom is 0.153 e. The minimum atomic E-state index is -0.275. The quantitative estimate of drug-likeness (QED) is 0.736. The molecule has 106 valence electrons. The van der Waals surface area contributed by atoms with Crippen molar-refractivity contribution in [1.82, 2.24) is 10.2 Å². The van der Waals surface area contributed by atoms with Crippen LogP contribution in [0.3, 0.4) is 0 Å². The summed E-state index contributed by atoms with van der Waals surface area (Å²) in [7, 11) is 0. The Balaban J connectivity index is 2.25. The summed E-state index contributed by atoms with van der Waals surface area (Å²) in [6.07, 6.45) is 0. The predicted molar refractivity (Wildman–Crippen MR) is 83.6 cm³/mol. The van der Waals surface area contributed by atoms with Gasteiger partial charge in [-0.05, 0) is 36.8 Å². The molecule has 1 heterocycles. The monoisotopic (exact) mass is 301 g/mol. The molecule has 3 aromatic rings. The van der Waals surface area contributed by atoms with Gasteiger partial charge in [0.1, 0.15) is 5.82 Å². The van der Waals surface area contributed by atoms with Crippen LogP contribution in [0.25, 0.3) is 22.4 Å². The molecule has 0 radical (unpaired) electrons. The number of anilines is 1. The molecule has 0 saturated carbocycles. The molecule has 0 bridgehead atoms. The van der Waals surface area contributed by atoms with Gasteiger partial charge in [-0.3, -0.25) is 5.10 Å². The molecule has 0 aliphatic rings. The SMILES string of the molecule is Cc1cc(F)ccc1-c1[nH]nc(N)c1-c1ccccc1Cl. The van der Waals surface area contributed by atoms with Crippen LogP contribution in [0.5, 0.6) is 0 Å². The lowest BCUT2D eigenvalue weighted by Crippen LogP contribution is -1.91. The van der Waals surface area contributed by atoms with Crippen molar-refractivity contribution in [2.75, 3.05) is 5.73 Å². The van der Waals surface area contributed by atoms with Gasteiger partial charge in [0.15, 0.2) is 5.82 Å². The lowest BCUT2D eigenvalue weighted by atomic mass is 9.98. The van der Waals surface area contributed by atoms with Gasteiger partial charge >= 0.3 is 0 Å². The van der Waals surface area contributed by atoms with Gasteiger partial charge in [-0.1, -0.05) is 29.8 Å². The standard InChI is InChI=1S/C16H13ClFN3/c1-9-8-10(18)6-7-11(9)15-14(16(19)21-20-15)12-4-2-3-5-13(12)17/h2-8H,1H3,(H3,19,20,21). The number of benzene rings is 2. The number of hydrogen-bond acceptors (Lipinski definition) is 2. The zero-order valence-corrected chi connectivity index (χ0v) is 12.1. The van der Waals surface area contributed by atoms with Crippen LogP contribution >= 0.6 is 11.6 Å². The minimum Gasteiger partial charge on any atom is -0.382 e. The van der Waals surface area contributed by atoms with Crippen LogP contribution in [0.1, 0.15) is 5.56 Å². The zero-order chi connectivity index (χ0) is 15.0. The lowest BCUT2D eigenvalue weighted by molar-refractivity contribution is 0.627. The number of aryl methyl sites for hydroxylation is 1. The van der Waals surface area contributed by atoms with Gasteiger partial charge in [-0.25, -0.2) is 4.39 Å². The average Bonchev–Trinajstić information content (AvgIpc) is 2.81. The fourth-order valence-electron chi connectivity index (χ4n) is 2.40. The van der Waals surface area contributed by atoms with E-state index in [1.807, 2.05) is 25.1 Å². The van der Waals surface area contributed by atoms with Crippen LogP contribution in [0.15, 0.2) is 42.5 Å². The number of hydrogen-bond donors (Lipinski definition) is 2. The number of rotatable bonds is 2. The molecule has 2 aromatic carbocycles. The smallest absolute Gasteiger partial charge is 0.153 e. The fraction of sp³-hybridized carbons (Fsp3) is 0.0625. The Bertz CT molecular complexity index is 811. The topological polar surface area (TPSA) is 54.7 Å². The van der Waals surface area contributed by atoms with Crippen molar-refractivity contribution >= 4 is 17.4 Å². The van der Waals surface area contributed by atoms with Crippen LogP contribution in [-0.2, 0) is 0 Å². The first-order valence-electron chi connectivity index (χ1n) is 6.43. The maximum absolute atomic E-state index is 13.3. The second kappa shape index (κ2) is 5.22. The maximum atomic E-state index is 13.3. The minimum absolute atomic E-state index is 0.275. The van der Waals surface area contributed by atoms with Crippen molar-refractivity contribution in [3.63, 3.8) is 0 Å². The van der Waals surface area contributed by atoms with Crippen molar-refractivity contribution in [2.45, 2.75) is 6.92 Å². The predicted octanol–water partition coefficient (Wildman–Crippen LogP) is 4.43. The summed E-state index contributed by atoms with van der Waals surface area (Å²) < 4.78 is 13.3. The summed E-state index contributed by atoms with van der Waals surface area (Å²) in [6.45, 7) is 1.84. The first-order chi connectivity index (χ1) is 10.1. The van der Waals surface area contributed by atoms with Crippen molar-refractivity contribution in [2.24, 2.45) is 0 Å². The van der Waals surface area contributed by atoms with Crippen LogP contribution in [0, 0.1) is 12.7 Å². The Hall–Kier alpha value is -2.33. The molecule has 0 aliphatic heterocycles. The summed E-state index contributed by atoms with van der Waals surface area (Å²) in [5, 5.41) is 7.58. The third kappa shape index (κ3) is 2.38. The van der Waals surface area contributed by atoms with E-state index < -0.39 is 0 Å². The van der Waals surface area contributed by atoms with Gasteiger partial charge in [0.05, 0.1) is 11.3 Å². The summed E-state index contributed by atoms with van der Waals surface area (Å²) >= 11 is 6.25. The highest BCUT2D eigenvalue weighted by molar-refractivity contribution is 6.33. The number of nitrogens with one attached hydrogen (secondary N) is 1. The molecular weight excluding hydrogens is 289 g/mol. The largest absolute Gasteiger partial charge is 0.382 e. The molecule has 0 saturated heterocycles. The molecule has 0 atom stereocenters. The van der Waals surface area contributed by atoms with Crippen molar-refractivity contribution < 1.29 is 4.39 Å². The molecular formula is C16H13ClFN3. The van der Waals surface area contributed by atoms with E-state index in [1.54, 1.807) is 12.1 Å². The first-order valence-corrected chi connectivity index (χ1v) is 6.81. The number of nitrogen functional groups attached to an aromatic ring is 1. The molecule has 0 spiro atoms.